The van der Waals surface area contributed by atoms with Crippen LogP contribution in [-0.4, -0.2) is 40.4 Å². The average molecular weight is 311 g/mol. The molecular weight excluding hydrogens is 290 g/mol. The third-order valence-corrected chi connectivity index (χ3v) is 4.46. The Morgan fingerprint density at radius 2 is 2.10 bits per heavy atom. The molecule has 0 aliphatic carbocycles. The zero-order valence-corrected chi connectivity index (χ0v) is 13.2. The Labute approximate surface area is 126 Å². The predicted octanol–water partition coefficient (Wildman–Crippen LogP) is 1.04. The summed E-state index contributed by atoms with van der Waals surface area (Å²) in [5, 5.41) is 8.68. The van der Waals surface area contributed by atoms with Crippen LogP contribution in [0.25, 0.3) is 0 Å². The van der Waals surface area contributed by atoms with Crippen LogP contribution in [-0.2, 0) is 14.8 Å². The number of sulfonamides is 1. The first-order valence-electron chi connectivity index (χ1n) is 6.70. The molecule has 1 aromatic carbocycles. The first-order chi connectivity index (χ1) is 10.0. The number of nitrogens with one attached hydrogen (secondary N) is 1. The minimum absolute atomic E-state index is 0.221. The highest BCUT2D eigenvalue weighted by molar-refractivity contribution is 7.89. The highest BCUT2D eigenvalue weighted by Crippen LogP contribution is 2.16. The molecule has 5 nitrogen and oxygen atoms in total. The predicted molar refractivity (Wildman–Crippen MR) is 81.4 cm³/mol. The molecule has 0 unspecified atom stereocenters. The van der Waals surface area contributed by atoms with E-state index in [1.54, 1.807) is 26.2 Å². The summed E-state index contributed by atoms with van der Waals surface area (Å²) >= 11 is 0. The van der Waals surface area contributed by atoms with Crippen LogP contribution in [0.5, 0.6) is 0 Å². The van der Waals surface area contributed by atoms with Gasteiger partial charge in [0, 0.05) is 25.8 Å². The molecule has 0 radical (unpaired) electrons. The topological polar surface area (TPSA) is 75.6 Å². The number of hydrogen-bond acceptors (Lipinski definition) is 4. The van der Waals surface area contributed by atoms with Gasteiger partial charge >= 0.3 is 0 Å². The van der Waals surface area contributed by atoms with Crippen LogP contribution in [0, 0.1) is 18.8 Å². The first-order valence-corrected chi connectivity index (χ1v) is 8.18. The van der Waals surface area contributed by atoms with Crippen molar-refractivity contribution < 1.29 is 18.3 Å². The van der Waals surface area contributed by atoms with Crippen LogP contribution in [0.4, 0.5) is 0 Å². The maximum Gasteiger partial charge on any atom is 0.240 e. The highest BCUT2D eigenvalue weighted by atomic mass is 32.2. The summed E-state index contributed by atoms with van der Waals surface area (Å²) < 4.78 is 32.0. The standard InChI is InChI=1S/C15H21NO4S/c1-13-7-8-14(6-5-10-17)12-15(13)21(18,19)16-9-3-4-11-20-2/h7-8,12,16-17H,3-4,9-11H2,1-2H3. The van der Waals surface area contributed by atoms with E-state index in [2.05, 4.69) is 16.6 Å². The van der Waals surface area contributed by atoms with Crippen LogP contribution in [0.2, 0.25) is 0 Å². The van der Waals surface area contributed by atoms with Gasteiger partial charge in [-0.1, -0.05) is 17.9 Å². The summed E-state index contributed by atoms with van der Waals surface area (Å²) in [4.78, 5) is 0.221. The largest absolute Gasteiger partial charge is 0.385 e. The molecule has 2 N–H and O–H groups in total. The number of aryl methyl sites for hydroxylation is 1. The van der Waals surface area contributed by atoms with Crippen molar-refractivity contribution in [2.75, 3.05) is 26.9 Å². The lowest BCUT2D eigenvalue weighted by Gasteiger charge is -2.09. The Balaban J connectivity index is 2.82. The van der Waals surface area contributed by atoms with Crippen molar-refractivity contribution in [2.45, 2.75) is 24.7 Å². The molecule has 0 amide bonds. The molecule has 0 heterocycles. The fourth-order valence-electron chi connectivity index (χ4n) is 1.76. The van der Waals surface area contributed by atoms with E-state index in [1.807, 2.05) is 0 Å². The van der Waals surface area contributed by atoms with E-state index in [-0.39, 0.29) is 11.5 Å². The molecule has 1 aromatic rings. The van der Waals surface area contributed by atoms with Gasteiger partial charge in [0.2, 0.25) is 10.0 Å². The summed E-state index contributed by atoms with van der Waals surface area (Å²) in [6.07, 6.45) is 1.52. The maximum atomic E-state index is 12.3. The number of aliphatic hydroxyl groups is 1. The normalized spacial score (nSPS) is 11.0. The van der Waals surface area contributed by atoms with Crippen LogP contribution >= 0.6 is 0 Å². The molecule has 21 heavy (non-hydrogen) atoms. The highest BCUT2D eigenvalue weighted by Gasteiger charge is 2.16. The summed E-state index contributed by atoms with van der Waals surface area (Å²) in [7, 11) is -1.93. The van der Waals surface area contributed by atoms with E-state index in [0.717, 1.165) is 12.8 Å². The van der Waals surface area contributed by atoms with Gasteiger partial charge in [-0.05, 0) is 37.5 Å². The third-order valence-electron chi connectivity index (χ3n) is 2.86. The van der Waals surface area contributed by atoms with Crippen molar-refractivity contribution >= 4 is 10.0 Å². The van der Waals surface area contributed by atoms with Gasteiger partial charge in [-0.2, -0.15) is 0 Å². The molecule has 0 saturated heterocycles. The van der Waals surface area contributed by atoms with Gasteiger partial charge in [0.05, 0.1) is 4.90 Å². The number of rotatable bonds is 7. The van der Waals surface area contributed by atoms with Crippen molar-refractivity contribution in [3.8, 4) is 11.8 Å². The summed E-state index contributed by atoms with van der Waals surface area (Å²) in [6.45, 7) is 2.47. The molecule has 6 heteroatoms. The van der Waals surface area contributed by atoms with Gasteiger partial charge in [-0.25, -0.2) is 13.1 Å². The summed E-state index contributed by atoms with van der Waals surface area (Å²) in [5.41, 5.74) is 1.23. The maximum absolute atomic E-state index is 12.3. The van der Waals surface area contributed by atoms with E-state index < -0.39 is 10.0 Å². The number of benzene rings is 1. The lowest BCUT2D eigenvalue weighted by atomic mass is 10.1. The second kappa shape index (κ2) is 8.80. The number of unbranched alkanes of at least 4 members (excludes halogenated alkanes) is 1. The van der Waals surface area contributed by atoms with E-state index in [1.165, 1.54) is 6.07 Å². The van der Waals surface area contributed by atoms with Gasteiger partial charge in [-0.3, -0.25) is 0 Å². The van der Waals surface area contributed by atoms with E-state index in [0.29, 0.717) is 24.3 Å². The van der Waals surface area contributed by atoms with Crippen molar-refractivity contribution in [1.82, 2.24) is 4.72 Å². The molecule has 0 aliphatic rings. The second-order valence-corrected chi connectivity index (χ2v) is 6.27. The fraction of sp³-hybridized carbons (Fsp3) is 0.467. The summed E-state index contributed by atoms with van der Waals surface area (Å²) in [5.74, 6) is 5.21. The third kappa shape index (κ3) is 5.86. The zero-order valence-electron chi connectivity index (χ0n) is 12.3. The lowest BCUT2D eigenvalue weighted by molar-refractivity contribution is 0.193. The van der Waals surface area contributed by atoms with Gasteiger partial charge in [0.15, 0.2) is 0 Å². The molecule has 0 spiro atoms. The molecule has 0 aromatic heterocycles. The zero-order chi connectivity index (χ0) is 15.7. The number of hydrogen-bond donors (Lipinski definition) is 2. The van der Waals surface area contributed by atoms with Gasteiger partial charge in [0.25, 0.3) is 0 Å². The molecule has 0 bridgehead atoms. The van der Waals surface area contributed by atoms with Crippen LogP contribution in [0.15, 0.2) is 23.1 Å². The van der Waals surface area contributed by atoms with Crippen LogP contribution < -0.4 is 4.72 Å². The fourth-order valence-corrected chi connectivity index (χ4v) is 3.11. The van der Waals surface area contributed by atoms with Crippen molar-refractivity contribution in [3.05, 3.63) is 29.3 Å². The van der Waals surface area contributed by atoms with Crippen LogP contribution in [0.1, 0.15) is 24.0 Å². The molecule has 1 rings (SSSR count). The Bertz CT molecular complexity index is 614. The number of ether oxygens (including phenoxy) is 1. The number of aliphatic hydroxyl groups excluding tert-OH is 1. The van der Waals surface area contributed by atoms with Crippen molar-refractivity contribution in [1.29, 1.82) is 0 Å². The average Bonchev–Trinajstić information content (AvgIpc) is 2.46. The Morgan fingerprint density at radius 3 is 2.76 bits per heavy atom. The SMILES string of the molecule is COCCCCNS(=O)(=O)c1cc(C#CCO)ccc1C. The van der Waals surface area contributed by atoms with Gasteiger partial charge in [-0.15, -0.1) is 0 Å². The quantitative estimate of drug-likeness (QED) is 0.583. The Hall–Kier alpha value is -1.39. The molecule has 0 aliphatic heterocycles. The smallest absolute Gasteiger partial charge is 0.240 e. The molecular formula is C15H21NO4S. The Morgan fingerprint density at radius 1 is 1.33 bits per heavy atom. The van der Waals surface area contributed by atoms with Crippen LogP contribution in [0.3, 0.4) is 0 Å². The lowest BCUT2D eigenvalue weighted by Crippen LogP contribution is -2.25. The van der Waals surface area contributed by atoms with Gasteiger partial charge in [0.1, 0.15) is 6.61 Å². The monoisotopic (exact) mass is 311 g/mol. The number of methoxy groups -OCH3 is 1. The first kappa shape index (κ1) is 17.7. The van der Waals surface area contributed by atoms with Gasteiger partial charge < -0.3 is 9.84 Å². The van der Waals surface area contributed by atoms with E-state index >= 15 is 0 Å². The second-order valence-electron chi connectivity index (χ2n) is 4.54. The van der Waals surface area contributed by atoms with Crippen molar-refractivity contribution in [2.24, 2.45) is 0 Å². The molecule has 0 saturated carbocycles. The molecule has 116 valence electrons. The minimum atomic E-state index is -3.55. The summed E-state index contributed by atoms with van der Waals surface area (Å²) in [6, 6.07) is 4.96. The van der Waals surface area contributed by atoms with Crippen molar-refractivity contribution in [3.63, 3.8) is 0 Å². The van der Waals surface area contributed by atoms with E-state index in [9.17, 15) is 8.42 Å². The van der Waals surface area contributed by atoms with E-state index in [4.69, 9.17) is 9.84 Å². The Kier molecular flexibility index (Phi) is 7.40. The molecule has 0 atom stereocenters. The minimum Gasteiger partial charge on any atom is -0.385 e. The molecule has 0 fully saturated rings.